The van der Waals surface area contributed by atoms with E-state index in [1.54, 1.807) is 19.1 Å². The summed E-state index contributed by atoms with van der Waals surface area (Å²) >= 11 is 0. The normalized spacial score (nSPS) is 15.2. The Morgan fingerprint density at radius 3 is 2.95 bits per heavy atom. The van der Waals surface area contributed by atoms with Crippen LogP contribution in [-0.4, -0.2) is 17.6 Å². The maximum absolute atomic E-state index is 13.4. The first-order valence-corrected chi connectivity index (χ1v) is 5.92. The molecule has 1 aliphatic rings. The molecule has 0 bridgehead atoms. The molecule has 0 saturated carbocycles. The average Bonchev–Trinajstić information content (AvgIpc) is 2.35. The number of rotatable bonds is 3. The minimum Gasteiger partial charge on any atom is -0.511 e. The van der Waals surface area contributed by atoms with Crippen LogP contribution in [0.5, 0.6) is 0 Å². The molecular weight excluding hydrogens is 247 g/mol. The summed E-state index contributed by atoms with van der Waals surface area (Å²) < 4.78 is 13.4. The minimum absolute atomic E-state index is 0.00435. The smallest absolute Gasteiger partial charge is 0.256 e. The first-order chi connectivity index (χ1) is 9.00. The number of aliphatic hydroxyl groups excluding tert-OH is 1. The van der Waals surface area contributed by atoms with Crippen LogP contribution < -0.4 is 10.6 Å². The van der Waals surface area contributed by atoms with E-state index in [0.29, 0.717) is 24.2 Å². The van der Waals surface area contributed by atoms with Crippen LogP contribution in [0.2, 0.25) is 0 Å². The van der Waals surface area contributed by atoms with Crippen molar-refractivity contribution in [3.05, 3.63) is 53.2 Å². The van der Waals surface area contributed by atoms with E-state index < -0.39 is 0 Å². The lowest BCUT2D eigenvalue weighted by Crippen LogP contribution is -2.33. The van der Waals surface area contributed by atoms with Gasteiger partial charge in [0.2, 0.25) is 0 Å². The molecule has 0 fully saturated rings. The van der Waals surface area contributed by atoms with Crippen molar-refractivity contribution in [2.45, 2.75) is 13.3 Å². The molecule has 0 spiro atoms. The third-order valence-electron chi connectivity index (χ3n) is 3.02. The van der Waals surface area contributed by atoms with Crippen molar-refractivity contribution in [2.24, 2.45) is 0 Å². The van der Waals surface area contributed by atoms with Crippen molar-refractivity contribution in [3.8, 4) is 0 Å². The molecule has 4 nitrogen and oxygen atoms in total. The number of hydrogen-bond donors (Lipinski definition) is 3. The summed E-state index contributed by atoms with van der Waals surface area (Å²) in [6.45, 7) is 5.76. The molecule has 1 heterocycles. The van der Waals surface area contributed by atoms with E-state index in [4.69, 9.17) is 0 Å². The number of anilines is 1. The third kappa shape index (κ3) is 2.59. The lowest BCUT2D eigenvalue weighted by Gasteiger charge is -2.20. The Morgan fingerprint density at radius 1 is 1.53 bits per heavy atom. The summed E-state index contributed by atoms with van der Waals surface area (Å²) in [6, 6.07) is 4.60. The van der Waals surface area contributed by atoms with E-state index in [1.807, 2.05) is 0 Å². The summed E-state index contributed by atoms with van der Waals surface area (Å²) in [7, 11) is 0. The maximum atomic E-state index is 13.4. The third-order valence-corrected chi connectivity index (χ3v) is 3.02. The zero-order chi connectivity index (χ0) is 14.0. The molecule has 0 unspecified atom stereocenters. The van der Waals surface area contributed by atoms with Gasteiger partial charge in [0.05, 0.1) is 5.57 Å². The van der Waals surface area contributed by atoms with Gasteiger partial charge in [-0.3, -0.25) is 4.79 Å². The Hall–Kier alpha value is -2.30. The van der Waals surface area contributed by atoms with Gasteiger partial charge in [-0.05, 0) is 19.1 Å². The fraction of sp³-hybridized carbons (Fsp3) is 0.214. The maximum Gasteiger partial charge on any atom is 0.256 e. The van der Waals surface area contributed by atoms with Crippen molar-refractivity contribution in [3.63, 3.8) is 0 Å². The van der Waals surface area contributed by atoms with Gasteiger partial charge in [-0.25, -0.2) is 4.39 Å². The van der Waals surface area contributed by atoms with Crippen LogP contribution in [-0.2, 0) is 4.79 Å². The van der Waals surface area contributed by atoms with Crippen LogP contribution in [0.15, 0.2) is 41.8 Å². The van der Waals surface area contributed by atoms with Crippen LogP contribution in [0.25, 0.3) is 0 Å². The molecule has 100 valence electrons. The Bertz CT molecular complexity index is 579. The molecule has 0 aliphatic carbocycles. The van der Waals surface area contributed by atoms with Crippen molar-refractivity contribution < 1.29 is 14.3 Å². The summed E-state index contributed by atoms with van der Waals surface area (Å²) in [5.74, 6) is -0.727. The Labute approximate surface area is 110 Å². The fourth-order valence-corrected chi connectivity index (χ4v) is 1.92. The molecule has 0 saturated heterocycles. The number of halogens is 1. The van der Waals surface area contributed by atoms with E-state index in [9.17, 15) is 14.3 Å². The van der Waals surface area contributed by atoms with Gasteiger partial charge in [0.25, 0.3) is 5.91 Å². The quantitative estimate of drug-likeness (QED) is 0.783. The molecule has 1 aromatic rings. The number of carbonyl (C=O) groups excluding carboxylic acids is 1. The highest BCUT2D eigenvalue weighted by molar-refractivity contribution is 5.99. The average molecular weight is 262 g/mol. The van der Waals surface area contributed by atoms with Gasteiger partial charge in [-0.1, -0.05) is 12.6 Å². The molecule has 0 atom stereocenters. The molecule has 1 amide bonds. The zero-order valence-corrected chi connectivity index (χ0v) is 10.6. The van der Waals surface area contributed by atoms with Gasteiger partial charge in [-0.2, -0.15) is 0 Å². The van der Waals surface area contributed by atoms with Crippen molar-refractivity contribution in [2.75, 3.05) is 11.9 Å². The van der Waals surface area contributed by atoms with Gasteiger partial charge in [0, 0.05) is 29.9 Å². The molecule has 0 aromatic heterocycles. The van der Waals surface area contributed by atoms with E-state index >= 15 is 0 Å². The van der Waals surface area contributed by atoms with Crippen LogP contribution in [0.4, 0.5) is 10.1 Å². The molecule has 1 aromatic carbocycles. The molecular formula is C14H15FN2O2. The number of aliphatic hydroxyl groups is 1. The second-order valence-electron chi connectivity index (χ2n) is 4.34. The van der Waals surface area contributed by atoms with Crippen molar-refractivity contribution >= 4 is 11.6 Å². The second kappa shape index (κ2) is 5.14. The number of amides is 1. The summed E-state index contributed by atoms with van der Waals surface area (Å²) in [6.07, 6.45) is 0.365. The van der Waals surface area contributed by atoms with Crippen LogP contribution in [0.1, 0.15) is 12.0 Å². The number of carbonyl (C=O) groups is 1. The molecule has 5 heteroatoms. The summed E-state index contributed by atoms with van der Waals surface area (Å²) in [5, 5.41) is 15.2. The van der Waals surface area contributed by atoms with Crippen LogP contribution in [0, 0.1) is 12.7 Å². The van der Waals surface area contributed by atoms with E-state index in [0.717, 1.165) is 0 Å². The lowest BCUT2D eigenvalue weighted by molar-refractivity contribution is -0.117. The Balaban J connectivity index is 2.26. The topological polar surface area (TPSA) is 61.4 Å². The van der Waals surface area contributed by atoms with Gasteiger partial charge >= 0.3 is 0 Å². The Kier molecular flexibility index (Phi) is 3.55. The predicted octanol–water partition coefficient (Wildman–Crippen LogP) is 2.39. The molecule has 2 rings (SSSR count). The van der Waals surface area contributed by atoms with Crippen LogP contribution >= 0.6 is 0 Å². The standard InChI is InChI=1S/C14H15FN2O2/c1-8-10(15)4-3-5-11(8)17-9(2)13-12(18)6-7-16-14(13)19/h3-5,17-18H,2,6-7H2,1H3,(H,16,19). The highest BCUT2D eigenvalue weighted by atomic mass is 19.1. The minimum atomic E-state index is -0.379. The number of hydrogen-bond acceptors (Lipinski definition) is 3. The van der Waals surface area contributed by atoms with Gasteiger partial charge < -0.3 is 15.7 Å². The highest BCUT2D eigenvalue weighted by Crippen LogP contribution is 2.23. The monoisotopic (exact) mass is 262 g/mol. The summed E-state index contributed by atoms with van der Waals surface area (Å²) in [4.78, 5) is 11.7. The SMILES string of the molecule is C=C(Nc1cccc(F)c1C)C1=C(O)CCNC1=O. The summed E-state index contributed by atoms with van der Waals surface area (Å²) in [5.41, 5.74) is 1.32. The molecule has 19 heavy (non-hydrogen) atoms. The van der Waals surface area contributed by atoms with Gasteiger partial charge in [-0.15, -0.1) is 0 Å². The van der Waals surface area contributed by atoms with Crippen molar-refractivity contribution in [1.29, 1.82) is 0 Å². The van der Waals surface area contributed by atoms with E-state index in [1.165, 1.54) is 6.07 Å². The number of nitrogens with one attached hydrogen (secondary N) is 2. The Morgan fingerprint density at radius 2 is 2.26 bits per heavy atom. The largest absolute Gasteiger partial charge is 0.511 e. The predicted molar refractivity (Wildman–Crippen MR) is 71.2 cm³/mol. The van der Waals surface area contributed by atoms with E-state index in [2.05, 4.69) is 17.2 Å². The van der Waals surface area contributed by atoms with E-state index in [-0.39, 0.29) is 28.8 Å². The molecule has 3 N–H and O–H groups in total. The molecule has 1 aliphatic heterocycles. The van der Waals surface area contributed by atoms with Gasteiger partial charge in [0.1, 0.15) is 11.6 Å². The number of benzene rings is 1. The second-order valence-corrected chi connectivity index (χ2v) is 4.34. The first kappa shape index (κ1) is 13.1. The highest BCUT2D eigenvalue weighted by Gasteiger charge is 2.22. The van der Waals surface area contributed by atoms with Gasteiger partial charge in [0.15, 0.2) is 0 Å². The molecule has 0 radical (unpaired) electrons. The lowest BCUT2D eigenvalue weighted by atomic mass is 10.1. The zero-order valence-electron chi connectivity index (χ0n) is 10.6. The van der Waals surface area contributed by atoms with Crippen molar-refractivity contribution in [1.82, 2.24) is 5.32 Å². The van der Waals surface area contributed by atoms with Crippen LogP contribution in [0.3, 0.4) is 0 Å². The fourth-order valence-electron chi connectivity index (χ4n) is 1.92. The first-order valence-electron chi connectivity index (χ1n) is 5.92.